The molecule has 0 radical (unpaired) electrons. The molecule has 3 heteroatoms. The van der Waals surface area contributed by atoms with Crippen LogP contribution in [0.4, 0.5) is 0 Å². The van der Waals surface area contributed by atoms with Crippen LogP contribution >= 0.6 is 11.6 Å². The zero-order valence-corrected chi connectivity index (χ0v) is 11.3. The van der Waals surface area contributed by atoms with Gasteiger partial charge in [-0.3, -0.25) is 4.90 Å². The van der Waals surface area contributed by atoms with Crippen molar-refractivity contribution in [1.29, 1.82) is 0 Å². The van der Waals surface area contributed by atoms with Crippen LogP contribution in [0.1, 0.15) is 18.9 Å². The number of hydrogen-bond acceptors (Lipinski definition) is 2. The molecule has 3 rings (SSSR count). The fourth-order valence-electron chi connectivity index (χ4n) is 3.04. The molecule has 1 fully saturated rings. The third kappa shape index (κ3) is 2.09. The van der Waals surface area contributed by atoms with Crippen LogP contribution in [0.15, 0.2) is 30.3 Å². The lowest BCUT2D eigenvalue weighted by molar-refractivity contribution is -0.0366. The highest BCUT2D eigenvalue weighted by Crippen LogP contribution is 2.40. The van der Waals surface area contributed by atoms with E-state index in [0.29, 0.717) is 0 Å². The molecule has 0 spiro atoms. The summed E-state index contributed by atoms with van der Waals surface area (Å²) in [5.41, 5.74) is 1.86. The molecule has 0 saturated carbocycles. The average Bonchev–Trinajstić information content (AvgIpc) is 2.36. The van der Waals surface area contributed by atoms with E-state index in [4.69, 9.17) is 11.6 Å². The first-order valence-corrected chi connectivity index (χ1v) is 6.85. The standard InChI is InChI=1S/C15H18ClNO/c1-15(18)7-9-17-8-6-13(14(15)10-17)11-2-4-12(16)5-3-11/h2-6,14,18H,7-10H2,1H3/t14-,15-/m0/s1. The summed E-state index contributed by atoms with van der Waals surface area (Å²) in [5.74, 6) is 0.209. The molecule has 2 heterocycles. The molecule has 0 aliphatic carbocycles. The molecule has 0 aromatic heterocycles. The van der Waals surface area contributed by atoms with Gasteiger partial charge in [0.1, 0.15) is 0 Å². The predicted octanol–water partition coefficient (Wildman–Crippen LogP) is 2.81. The second-order valence-electron chi connectivity index (χ2n) is 5.59. The molecule has 1 aromatic carbocycles. The Hall–Kier alpha value is -0.830. The summed E-state index contributed by atoms with van der Waals surface area (Å²) in [6.45, 7) is 4.91. The molecule has 2 bridgehead atoms. The highest BCUT2D eigenvalue weighted by Gasteiger charge is 2.41. The number of fused-ring (bicyclic) bond motifs is 2. The van der Waals surface area contributed by atoms with Crippen LogP contribution in [0.5, 0.6) is 0 Å². The summed E-state index contributed by atoms with van der Waals surface area (Å²) in [5, 5.41) is 11.3. The number of rotatable bonds is 1. The molecule has 1 unspecified atom stereocenters. The number of hydrogen-bond donors (Lipinski definition) is 1. The van der Waals surface area contributed by atoms with Crippen molar-refractivity contribution in [1.82, 2.24) is 4.90 Å². The first-order chi connectivity index (χ1) is 8.56. The normalized spacial score (nSPS) is 35.2. The minimum absolute atomic E-state index is 0.209. The Morgan fingerprint density at radius 3 is 2.78 bits per heavy atom. The molecule has 2 aliphatic heterocycles. The van der Waals surface area contributed by atoms with E-state index in [1.165, 1.54) is 11.1 Å². The summed E-state index contributed by atoms with van der Waals surface area (Å²) >= 11 is 5.93. The van der Waals surface area contributed by atoms with E-state index >= 15 is 0 Å². The van der Waals surface area contributed by atoms with Crippen molar-refractivity contribution in [2.24, 2.45) is 5.92 Å². The molecule has 18 heavy (non-hydrogen) atoms. The lowest BCUT2D eigenvalue weighted by Crippen LogP contribution is -2.52. The van der Waals surface area contributed by atoms with E-state index in [-0.39, 0.29) is 5.92 Å². The van der Waals surface area contributed by atoms with Crippen molar-refractivity contribution in [2.75, 3.05) is 19.6 Å². The maximum absolute atomic E-state index is 10.6. The summed E-state index contributed by atoms with van der Waals surface area (Å²) in [6, 6.07) is 7.94. The van der Waals surface area contributed by atoms with Gasteiger partial charge in [0.05, 0.1) is 5.60 Å². The molecular weight excluding hydrogens is 246 g/mol. The van der Waals surface area contributed by atoms with Crippen LogP contribution in [-0.2, 0) is 0 Å². The van der Waals surface area contributed by atoms with Crippen LogP contribution < -0.4 is 0 Å². The highest BCUT2D eigenvalue weighted by atomic mass is 35.5. The van der Waals surface area contributed by atoms with Crippen molar-refractivity contribution in [3.05, 3.63) is 40.9 Å². The van der Waals surface area contributed by atoms with E-state index in [2.05, 4.69) is 23.1 Å². The van der Waals surface area contributed by atoms with E-state index in [1.807, 2.05) is 19.1 Å². The van der Waals surface area contributed by atoms with E-state index in [0.717, 1.165) is 31.1 Å². The number of aliphatic hydroxyl groups is 1. The van der Waals surface area contributed by atoms with Gasteiger partial charge in [-0.15, -0.1) is 0 Å². The molecule has 2 nitrogen and oxygen atoms in total. The van der Waals surface area contributed by atoms with Crippen molar-refractivity contribution in [3.63, 3.8) is 0 Å². The Bertz CT molecular complexity index is 478. The number of nitrogens with zero attached hydrogens (tertiary/aromatic N) is 1. The summed E-state index contributed by atoms with van der Waals surface area (Å²) < 4.78 is 0. The Balaban J connectivity index is 1.98. The number of piperidine rings is 1. The molecule has 1 saturated heterocycles. The fourth-order valence-corrected chi connectivity index (χ4v) is 3.16. The molecule has 0 amide bonds. The van der Waals surface area contributed by atoms with Gasteiger partial charge < -0.3 is 5.11 Å². The second kappa shape index (κ2) is 4.37. The third-order valence-corrected chi connectivity index (χ3v) is 4.50. The Morgan fingerprint density at radius 2 is 2.06 bits per heavy atom. The van der Waals surface area contributed by atoms with Crippen molar-refractivity contribution >= 4 is 17.2 Å². The molecule has 1 N–H and O–H groups in total. The minimum atomic E-state index is -0.595. The predicted molar refractivity (Wildman–Crippen MR) is 74.6 cm³/mol. The van der Waals surface area contributed by atoms with Crippen LogP contribution in [0.3, 0.4) is 0 Å². The number of benzene rings is 1. The Morgan fingerprint density at radius 1 is 1.33 bits per heavy atom. The van der Waals surface area contributed by atoms with Gasteiger partial charge in [-0.05, 0) is 36.6 Å². The largest absolute Gasteiger partial charge is 0.389 e. The van der Waals surface area contributed by atoms with E-state index < -0.39 is 5.60 Å². The lowest BCUT2D eigenvalue weighted by atomic mass is 9.74. The van der Waals surface area contributed by atoms with Crippen molar-refractivity contribution in [3.8, 4) is 0 Å². The molecule has 1 aromatic rings. The monoisotopic (exact) mass is 263 g/mol. The lowest BCUT2D eigenvalue weighted by Gasteiger charge is -2.46. The molecule has 96 valence electrons. The van der Waals surface area contributed by atoms with Crippen LogP contribution in [0.25, 0.3) is 5.57 Å². The topological polar surface area (TPSA) is 23.5 Å². The zero-order valence-electron chi connectivity index (χ0n) is 10.6. The molecule has 3 atom stereocenters. The van der Waals surface area contributed by atoms with Crippen molar-refractivity contribution < 1.29 is 5.11 Å². The zero-order chi connectivity index (χ0) is 12.8. The van der Waals surface area contributed by atoms with E-state index in [9.17, 15) is 5.11 Å². The van der Waals surface area contributed by atoms with E-state index in [1.54, 1.807) is 0 Å². The number of halogens is 1. The minimum Gasteiger partial charge on any atom is -0.389 e. The first kappa shape index (κ1) is 12.2. The highest BCUT2D eigenvalue weighted by molar-refractivity contribution is 6.30. The second-order valence-corrected chi connectivity index (χ2v) is 6.02. The van der Waals surface area contributed by atoms with Gasteiger partial charge in [-0.1, -0.05) is 29.8 Å². The van der Waals surface area contributed by atoms with Gasteiger partial charge in [0.25, 0.3) is 0 Å². The van der Waals surface area contributed by atoms with Gasteiger partial charge in [-0.25, -0.2) is 0 Å². The van der Waals surface area contributed by atoms with Gasteiger partial charge in [0.2, 0.25) is 0 Å². The van der Waals surface area contributed by atoms with Crippen LogP contribution in [0.2, 0.25) is 5.02 Å². The maximum atomic E-state index is 10.6. The summed E-state index contributed by atoms with van der Waals surface area (Å²) in [6.07, 6.45) is 3.10. The van der Waals surface area contributed by atoms with Gasteiger partial charge in [-0.2, -0.15) is 0 Å². The maximum Gasteiger partial charge on any atom is 0.0712 e. The molecular formula is C15H18ClNO. The van der Waals surface area contributed by atoms with Gasteiger partial charge >= 0.3 is 0 Å². The Kier molecular flexibility index (Phi) is 2.97. The van der Waals surface area contributed by atoms with Crippen LogP contribution in [0, 0.1) is 5.92 Å². The van der Waals surface area contributed by atoms with Crippen molar-refractivity contribution in [2.45, 2.75) is 18.9 Å². The van der Waals surface area contributed by atoms with Gasteiger partial charge in [0, 0.05) is 30.6 Å². The molecule has 2 aliphatic rings. The van der Waals surface area contributed by atoms with Gasteiger partial charge in [0.15, 0.2) is 0 Å². The smallest absolute Gasteiger partial charge is 0.0712 e. The fraction of sp³-hybridized carbons (Fsp3) is 0.467. The SMILES string of the molecule is C[C@]1(O)CCN2CC=C(c3ccc(Cl)cc3)[C@@H]1C2. The first-order valence-electron chi connectivity index (χ1n) is 6.47. The Labute approximate surface area is 113 Å². The summed E-state index contributed by atoms with van der Waals surface area (Å²) in [7, 11) is 0. The average molecular weight is 264 g/mol. The van der Waals surface area contributed by atoms with Crippen LogP contribution in [-0.4, -0.2) is 35.2 Å². The summed E-state index contributed by atoms with van der Waals surface area (Å²) in [4.78, 5) is 2.40. The third-order valence-electron chi connectivity index (χ3n) is 4.25. The quantitative estimate of drug-likeness (QED) is 0.842.